The number of hydrogen-bond donors (Lipinski definition) is 3. The van der Waals surface area contributed by atoms with Gasteiger partial charge >= 0.3 is 6.18 Å². The zero-order valence-electron chi connectivity index (χ0n) is 23.3. The summed E-state index contributed by atoms with van der Waals surface area (Å²) in [6.45, 7) is -0.701. The number of nitrogens with zero attached hydrogens (tertiary/aromatic N) is 4. The van der Waals surface area contributed by atoms with Crippen LogP contribution in [0.15, 0.2) is 36.7 Å². The van der Waals surface area contributed by atoms with Gasteiger partial charge in [0.1, 0.15) is 35.5 Å². The molecule has 5 rings (SSSR count). The highest BCUT2D eigenvalue weighted by Gasteiger charge is 2.52. The first-order valence-electron chi connectivity index (χ1n) is 13.8. The third kappa shape index (κ3) is 6.33. The van der Waals surface area contributed by atoms with Crippen molar-refractivity contribution in [2.45, 2.75) is 78.9 Å². The molecule has 0 radical (unpaired) electrons. The van der Waals surface area contributed by atoms with Crippen molar-refractivity contribution >= 4 is 11.8 Å². The van der Waals surface area contributed by atoms with Gasteiger partial charge in [-0.1, -0.05) is 24.5 Å². The summed E-state index contributed by atoms with van der Waals surface area (Å²) in [6.07, 6.45) is -3.90. The Morgan fingerprint density at radius 2 is 1.84 bits per heavy atom. The molecular formula is C28H30F6N4O5S. The molecule has 1 aliphatic heterocycles. The predicted octanol–water partition coefficient (Wildman–Crippen LogP) is 4.58. The van der Waals surface area contributed by atoms with Crippen LogP contribution in [-0.2, 0) is 15.7 Å². The van der Waals surface area contributed by atoms with Gasteiger partial charge in [-0.05, 0) is 37.1 Å². The van der Waals surface area contributed by atoms with Gasteiger partial charge in [0.25, 0.3) is 0 Å². The first kappa shape index (κ1) is 32.6. The summed E-state index contributed by atoms with van der Waals surface area (Å²) in [7, 11) is 1.27. The van der Waals surface area contributed by atoms with Crippen LogP contribution in [0.5, 0.6) is 0 Å². The second-order valence-corrected chi connectivity index (χ2v) is 12.1. The van der Waals surface area contributed by atoms with Crippen molar-refractivity contribution < 1.29 is 51.1 Å². The fourth-order valence-corrected chi connectivity index (χ4v) is 7.56. The summed E-state index contributed by atoms with van der Waals surface area (Å²) < 4.78 is 96.5. The van der Waals surface area contributed by atoms with E-state index in [2.05, 4.69) is 15.3 Å². The summed E-state index contributed by atoms with van der Waals surface area (Å²) in [6, 6.07) is 2.31. The van der Waals surface area contributed by atoms with Crippen molar-refractivity contribution in [1.29, 1.82) is 0 Å². The average Bonchev–Trinajstić information content (AvgIpc) is 3.48. The van der Waals surface area contributed by atoms with Crippen molar-refractivity contribution in [2.24, 2.45) is 0 Å². The topological polar surface area (TPSA) is 123 Å². The Labute approximate surface area is 252 Å². The molecular weight excluding hydrogens is 618 g/mol. The molecule has 1 aromatic carbocycles. The normalized spacial score (nSPS) is 26.5. The lowest BCUT2D eigenvalue weighted by atomic mass is 9.80. The molecule has 2 aromatic heterocycles. The van der Waals surface area contributed by atoms with E-state index in [1.165, 1.54) is 19.5 Å². The van der Waals surface area contributed by atoms with E-state index in [4.69, 9.17) is 9.47 Å². The number of thioether (sulfide) groups is 1. The van der Waals surface area contributed by atoms with E-state index in [1.54, 1.807) is 0 Å². The molecule has 3 N–H and O–H groups in total. The van der Waals surface area contributed by atoms with Crippen molar-refractivity contribution in [3.63, 3.8) is 0 Å². The van der Waals surface area contributed by atoms with Crippen LogP contribution in [0.25, 0.3) is 11.3 Å². The largest absolute Gasteiger partial charge is 0.418 e. The smallest absolute Gasteiger partial charge is 0.394 e. The summed E-state index contributed by atoms with van der Waals surface area (Å²) >= 11 is 0.831. The third-order valence-electron chi connectivity index (χ3n) is 8.06. The van der Waals surface area contributed by atoms with E-state index < -0.39 is 76.4 Å². The van der Waals surface area contributed by atoms with Crippen molar-refractivity contribution in [2.75, 3.05) is 13.7 Å². The molecule has 16 heteroatoms. The lowest BCUT2D eigenvalue weighted by Gasteiger charge is -2.46. The maximum atomic E-state index is 14.1. The summed E-state index contributed by atoms with van der Waals surface area (Å²) in [5.41, 5.74) is -4.43. The molecule has 1 saturated heterocycles. The maximum absolute atomic E-state index is 14.1. The highest BCUT2D eigenvalue weighted by Crippen LogP contribution is 2.52. The van der Waals surface area contributed by atoms with Crippen molar-refractivity contribution in [1.82, 2.24) is 20.0 Å². The van der Waals surface area contributed by atoms with Gasteiger partial charge in [-0.25, -0.2) is 17.9 Å². The molecule has 0 amide bonds. The summed E-state index contributed by atoms with van der Waals surface area (Å²) in [4.78, 5) is 4.06. The first-order valence-corrected chi connectivity index (χ1v) is 14.8. The monoisotopic (exact) mass is 648 g/mol. The number of ether oxygens (including phenoxy) is 2. The molecule has 44 heavy (non-hydrogen) atoms. The third-order valence-corrected chi connectivity index (χ3v) is 9.64. The Balaban J connectivity index is 1.54. The quantitative estimate of drug-likeness (QED) is 0.238. The van der Waals surface area contributed by atoms with Crippen LogP contribution in [0.2, 0.25) is 0 Å². The van der Waals surface area contributed by atoms with Gasteiger partial charge in [-0.3, -0.25) is 4.98 Å². The second kappa shape index (κ2) is 12.9. The summed E-state index contributed by atoms with van der Waals surface area (Å²) in [5.74, 6) is -4.57. The fraction of sp³-hybridized carbons (Fsp3) is 0.536. The number of rotatable bonds is 8. The van der Waals surface area contributed by atoms with Crippen LogP contribution >= 0.6 is 11.8 Å². The number of hydrogen-bond acceptors (Lipinski definition) is 9. The molecule has 0 spiro atoms. The Hall–Kier alpha value is -2.76. The molecule has 0 bridgehead atoms. The molecule has 9 nitrogen and oxygen atoms in total. The van der Waals surface area contributed by atoms with Crippen LogP contribution in [-0.4, -0.2) is 78.4 Å². The SMILES string of the molecule is CO[C@@H]1[C@@H](n2cc(-c3cc(F)c(F)c(F)c3)nn2)[C@@H](O)[C@@H](CO)O[C@H]1SC(c1ncccc1C(F)(F)F)C1(O)CCCCC1. The zero-order valence-corrected chi connectivity index (χ0v) is 24.1. The molecule has 1 unspecified atom stereocenters. The van der Waals surface area contributed by atoms with Gasteiger partial charge in [-0.15, -0.1) is 16.9 Å². The Bertz CT molecular complexity index is 1430. The minimum Gasteiger partial charge on any atom is -0.394 e. The van der Waals surface area contributed by atoms with Crippen LogP contribution in [0.3, 0.4) is 0 Å². The molecule has 1 aliphatic carbocycles. The molecule has 6 atom stereocenters. The molecule has 2 aliphatic rings. The molecule has 1 saturated carbocycles. The van der Waals surface area contributed by atoms with Crippen LogP contribution < -0.4 is 0 Å². The minimum absolute atomic E-state index is 0.0844. The number of pyridine rings is 1. The predicted molar refractivity (Wildman–Crippen MR) is 145 cm³/mol. The number of halogens is 6. The molecule has 3 heterocycles. The maximum Gasteiger partial charge on any atom is 0.418 e. The molecule has 240 valence electrons. The van der Waals surface area contributed by atoms with E-state index >= 15 is 0 Å². The summed E-state index contributed by atoms with van der Waals surface area (Å²) in [5, 5.41) is 39.6. The van der Waals surface area contributed by atoms with Crippen molar-refractivity contribution in [3.05, 3.63) is 65.4 Å². The number of methoxy groups -OCH3 is 1. The van der Waals surface area contributed by atoms with Crippen LogP contribution in [0.1, 0.15) is 54.7 Å². The van der Waals surface area contributed by atoms with E-state index in [-0.39, 0.29) is 29.8 Å². The number of aromatic nitrogens is 4. The lowest BCUT2D eigenvalue weighted by molar-refractivity contribution is -0.186. The van der Waals surface area contributed by atoms with Crippen molar-refractivity contribution in [3.8, 4) is 11.3 Å². The van der Waals surface area contributed by atoms with Crippen LogP contribution in [0, 0.1) is 17.5 Å². The Morgan fingerprint density at radius 1 is 1.16 bits per heavy atom. The first-order chi connectivity index (χ1) is 20.9. The van der Waals surface area contributed by atoms with Gasteiger partial charge in [-0.2, -0.15) is 13.2 Å². The fourth-order valence-electron chi connectivity index (χ4n) is 5.85. The van der Waals surface area contributed by atoms with Gasteiger partial charge in [0.15, 0.2) is 17.5 Å². The number of aliphatic hydroxyl groups is 3. The zero-order chi connectivity index (χ0) is 31.8. The van der Waals surface area contributed by atoms with Gasteiger partial charge in [0, 0.05) is 18.9 Å². The van der Waals surface area contributed by atoms with Crippen LogP contribution in [0.4, 0.5) is 26.3 Å². The van der Waals surface area contributed by atoms with E-state index in [0.29, 0.717) is 12.8 Å². The number of benzene rings is 1. The van der Waals surface area contributed by atoms with E-state index in [0.717, 1.165) is 47.1 Å². The standard InChI is InChI=1S/C28H30F6N4O5S/c1-42-24-22(38-12-18(36-37-38)14-10-16(29)20(31)17(30)11-14)23(40)19(13-39)43-26(24)44-25(27(41)7-3-2-4-8-27)21-15(28(32,33)34)6-5-9-35-21/h5-6,9-12,19,22-26,39-41H,2-4,7-8,13H2,1H3/t19-,22+,23+,24-,25?,26+/m1/s1. The Kier molecular flexibility index (Phi) is 9.58. The molecule has 3 aromatic rings. The van der Waals surface area contributed by atoms with Gasteiger partial charge < -0.3 is 24.8 Å². The number of aliphatic hydroxyl groups excluding tert-OH is 2. The van der Waals surface area contributed by atoms with Gasteiger partial charge in [0.2, 0.25) is 0 Å². The highest BCUT2D eigenvalue weighted by molar-refractivity contribution is 8.00. The van der Waals surface area contributed by atoms with E-state index in [1.807, 2.05) is 0 Å². The Morgan fingerprint density at radius 3 is 2.45 bits per heavy atom. The van der Waals surface area contributed by atoms with E-state index in [9.17, 15) is 41.7 Å². The highest BCUT2D eigenvalue weighted by atomic mass is 32.2. The average molecular weight is 649 g/mol. The molecule has 2 fully saturated rings. The lowest BCUT2D eigenvalue weighted by Crippen LogP contribution is -2.56. The number of alkyl halides is 3. The van der Waals surface area contributed by atoms with Gasteiger partial charge in [0.05, 0.1) is 34.9 Å². The minimum atomic E-state index is -4.77. The second-order valence-electron chi connectivity index (χ2n) is 10.9.